The molecule has 100 valence electrons. The summed E-state index contributed by atoms with van der Waals surface area (Å²) in [6.07, 6.45) is 7.95. The normalized spacial score (nSPS) is 32.2. The second kappa shape index (κ2) is 5.61. The fourth-order valence-electron chi connectivity index (χ4n) is 3.29. The number of aryl methyl sites for hydroxylation is 1. The van der Waals surface area contributed by atoms with Crippen molar-refractivity contribution in [2.75, 3.05) is 0 Å². The maximum absolute atomic E-state index is 9.76. The van der Waals surface area contributed by atoms with Gasteiger partial charge in [-0.15, -0.1) is 11.3 Å². The molecule has 1 heterocycles. The van der Waals surface area contributed by atoms with Crippen molar-refractivity contribution in [3.8, 4) is 0 Å². The van der Waals surface area contributed by atoms with Gasteiger partial charge in [0.25, 0.3) is 0 Å². The highest BCUT2D eigenvalue weighted by Gasteiger charge is 2.27. The molecule has 0 amide bonds. The van der Waals surface area contributed by atoms with Gasteiger partial charge in [0.2, 0.25) is 0 Å². The summed E-state index contributed by atoms with van der Waals surface area (Å²) in [5, 5.41) is 13.5. The summed E-state index contributed by atoms with van der Waals surface area (Å²) in [7, 11) is 0. The Morgan fingerprint density at radius 2 is 2.17 bits per heavy atom. The second-order valence-corrected chi connectivity index (χ2v) is 8.07. The van der Waals surface area contributed by atoms with Crippen LogP contribution < -0.4 is 5.32 Å². The molecule has 0 aromatic carbocycles. The fraction of sp³-hybridized carbons (Fsp3) is 0.714. The van der Waals surface area contributed by atoms with Crippen molar-refractivity contribution in [2.24, 2.45) is 0 Å². The molecule has 3 rings (SSSR count). The zero-order valence-corrected chi connectivity index (χ0v) is 12.9. The SMILES string of the molecule is OC1CCCC(NC2CCCc3sc(Br)cc32)C1. The van der Waals surface area contributed by atoms with Crippen LogP contribution in [0.3, 0.4) is 0 Å². The molecule has 3 unspecified atom stereocenters. The van der Waals surface area contributed by atoms with E-state index in [4.69, 9.17) is 0 Å². The van der Waals surface area contributed by atoms with Gasteiger partial charge in [-0.3, -0.25) is 0 Å². The Balaban J connectivity index is 1.70. The van der Waals surface area contributed by atoms with E-state index in [1.165, 1.54) is 35.0 Å². The molecule has 0 bridgehead atoms. The molecule has 0 radical (unpaired) electrons. The number of aliphatic hydroxyl groups excluding tert-OH is 1. The molecule has 2 nitrogen and oxygen atoms in total. The maximum atomic E-state index is 9.76. The molecule has 1 aromatic heterocycles. The first kappa shape index (κ1) is 13.1. The van der Waals surface area contributed by atoms with Crippen LogP contribution >= 0.6 is 27.3 Å². The summed E-state index contributed by atoms with van der Waals surface area (Å²) in [5.41, 5.74) is 1.50. The van der Waals surface area contributed by atoms with Crippen molar-refractivity contribution in [2.45, 2.75) is 63.1 Å². The van der Waals surface area contributed by atoms with E-state index in [0.717, 1.165) is 19.3 Å². The summed E-state index contributed by atoms with van der Waals surface area (Å²) in [4.78, 5) is 1.54. The van der Waals surface area contributed by atoms with Gasteiger partial charge in [-0.05, 0) is 72.5 Å². The Hall–Kier alpha value is 0.100. The van der Waals surface area contributed by atoms with Crippen molar-refractivity contribution in [3.05, 3.63) is 20.3 Å². The van der Waals surface area contributed by atoms with Crippen LogP contribution in [-0.4, -0.2) is 17.3 Å². The molecule has 2 aliphatic rings. The molecule has 0 spiro atoms. The van der Waals surface area contributed by atoms with E-state index < -0.39 is 0 Å². The van der Waals surface area contributed by atoms with Gasteiger partial charge < -0.3 is 10.4 Å². The predicted molar refractivity (Wildman–Crippen MR) is 79.1 cm³/mol. The highest BCUT2D eigenvalue weighted by atomic mass is 79.9. The maximum Gasteiger partial charge on any atom is 0.0704 e. The first-order chi connectivity index (χ1) is 8.72. The largest absolute Gasteiger partial charge is 0.393 e. The third kappa shape index (κ3) is 2.82. The van der Waals surface area contributed by atoms with Crippen molar-refractivity contribution in [3.63, 3.8) is 0 Å². The number of rotatable bonds is 2. The summed E-state index contributed by atoms with van der Waals surface area (Å²) >= 11 is 5.49. The Bertz CT molecular complexity index is 420. The van der Waals surface area contributed by atoms with Crippen LogP contribution in [0, 0.1) is 0 Å². The van der Waals surface area contributed by atoms with Gasteiger partial charge in [0.05, 0.1) is 9.89 Å². The summed E-state index contributed by atoms with van der Waals surface area (Å²) in [6.45, 7) is 0. The van der Waals surface area contributed by atoms with Gasteiger partial charge in [0, 0.05) is 17.0 Å². The van der Waals surface area contributed by atoms with Gasteiger partial charge >= 0.3 is 0 Å². The fourth-order valence-corrected chi connectivity index (χ4v) is 5.11. The molecular formula is C14H20BrNOS. The van der Waals surface area contributed by atoms with Crippen molar-refractivity contribution in [1.29, 1.82) is 0 Å². The number of hydrogen-bond donors (Lipinski definition) is 2. The van der Waals surface area contributed by atoms with Crippen LogP contribution in [0.5, 0.6) is 0 Å². The smallest absolute Gasteiger partial charge is 0.0704 e. The Morgan fingerprint density at radius 3 is 3.00 bits per heavy atom. The number of aliphatic hydroxyl groups is 1. The standard InChI is InChI=1S/C14H20BrNOS/c15-14-8-11-12(5-2-6-13(11)18-14)16-9-3-1-4-10(17)7-9/h8-10,12,16-17H,1-7H2. The highest BCUT2D eigenvalue weighted by Crippen LogP contribution is 2.38. The van der Waals surface area contributed by atoms with Gasteiger partial charge in [-0.1, -0.05) is 0 Å². The van der Waals surface area contributed by atoms with Crippen LogP contribution in [0.15, 0.2) is 9.85 Å². The summed E-state index contributed by atoms with van der Waals surface area (Å²) in [5.74, 6) is 0. The molecule has 1 fully saturated rings. The minimum Gasteiger partial charge on any atom is -0.393 e. The van der Waals surface area contributed by atoms with Crippen molar-refractivity contribution in [1.82, 2.24) is 5.32 Å². The molecule has 2 aliphatic carbocycles. The van der Waals surface area contributed by atoms with E-state index in [1.807, 2.05) is 11.3 Å². The summed E-state index contributed by atoms with van der Waals surface area (Å²) in [6, 6.07) is 3.30. The molecule has 0 saturated heterocycles. The van der Waals surface area contributed by atoms with E-state index in [0.29, 0.717) is 12.1 Å². The van der Waals surface area contributed by atoms with E-state index in [9.17, 15) is 5.11 Å². The third-order valence-corrected chi connectivity index (χ3v) is 5.88. The van der Waals surface area contributed by atoms with Crippen LogP contribution in [0.4, 0.5) is 0 Å². The van der Waals surface area contributed by atoms with Crippen molar-refractivity contribution >= 4 is 27.3 Å². The van der Waals surface area contributed by atoms with Gasteiger partial charge in [0.1, 0.15) is 0 Å². The number of halogens is 1. The van der Waals surface area contributed by atoms with Gasteiger partial charge in [-0.2, -0.15) is 0 Å². The lowest BCUT2D eigenvalue weighted by molar-refractivity contribution is 0.107. The predicted octanol–water partition coefficient (Wildman–Crippen LogP) is 3.78. The number of hydrogen-bond acceptors (Lipinski definition) is 3. The molecule has 0 aliphatic heterocycles. The Kier molecular flexibility index (Phi) is 4.09. The monoisotopic (exact) mass is 329 g/mol. The second-order valence-electron chi connectivity index (χ2n) is 5.56. The average Bonchev–Trinajstić information content (AvgIpc) is 2.71. The highest BCUT2D eigenvalue weighted by molar-refractivity contribution is 9.11. The minimum absolute atomic E-state index is 0.0893. The van der Waals surface area contributed by atoms with Crippen LogP contribution in [0.2, 0.25) is 0 Å². The number of fused-ring (bicyclic) bond motifs is 1. The lowest BCUT2D eigenvalue weighted by atomic mass is 9.89. The van der Waals surface area contributed by atoms with E-state index in [-0.39, 0.29) is 6.10 Å². The molecule has 2 N–H and O–H groups in total. The first-order valence-corrected chi connectivity index (χ1v) is 8.55. The molecule has 1 saturated carbocycles. The van der Waals surface area contributed by atoms with Gasteiger partial charge in [0.15, 0.2) is 0 Å². The average molecular weight is 330 g/mol. The topological polar surface area (TPSA) is 32.3 Å². The molecule has 3 atom stereocenters. The van der Waals surface area contributed by atoms with Gasteiger partial charge in [-0.25, -0.2) is 0 Å². The summed E-state index contributed by atoms with van der Waals surface area (Å²) < 4.78 is 1.25. The van der Waals surface area contributed by atoms with Crippen LogP contribution in [0.25, 0.3) is 0 Å². The lowest BCUT2D eigenvalue weighted by Crippen LogP contribution is -2.39. The molecule has 18 heavy (non-hydrogen) atoms. The Morgan fingerprint density at radius 1 is 1.28 bits per heavy atom. The third-order valence-electron chi connectivity index (χ3n) is 4.17. The lowest BCUT2D eigenvalue weighted by Gasteiger charge is -2.32. The van der Waals surface area contributed by atoms with E-state index in [2.05, 4.69) is 27.3 Å². The quantitative estimate of drug-likeness (QED) is 0.865. The van der Waals surface area contributed by atoms with Crippen LogP contribution in [0.1, 0.15) is 55.0 Å². The zero-order valence-electron chi connectivity index (χ0n) is 10.5. The first-order valence-electron chi connectivity index (χ1n) is 6.94. The number of nitrogens with one attached hydrogen (secondary N) is 1. The number of thiophene rings is 1. The van der Waals surface area contributed by atoms with E-state index >= 15 is 0 Å². The Labute approximate surface area is 121 Å². The van der Waals surface area contributed by atoms with Crippen LogP contribution in [-0.2, 0) is 6.42 Å². The minimum atomic E-state index is -0.0893. The molecular weight excluding hydrogens is 310 g/mol. The molecule has 4 heteroatoms. The van der Waals surface area contributed by atoms with Crippen molar-refractivity contribution < 1.29 is 5.11 Å². The molecule has 1 aromatic rings. The van der Waals surface area contributed by atoms with E-state index in [1.54, 1.807) is 4.88 Å². The zero-order chi connectivity index (χ0) is 12.5.